The number of carboxylic acids is 6. The summed E-state index contributed by atoms with van der Waals surface area (Å²) in [6, 6.07) is 12.3. The number of carbonyl (C=O) groups is 6. The van der Waals surface area contributed by atoms with Crippen LogP contribution >= 0.6 is 0 Å². The number of nitrogens with one attached hydrogen (secondary N) is 6. The van der Waals surface area contributed by atoms with E-state index in [9.17, 15) is 54.3 Å². The van der Waals surface area contributed by atoms with Crippen molar-refractivity contribution in [2.24, 2.45) is 0 Å². The number of carboxylic acid groups (broad SMARTS) is 6. The van der Waals surface area contributed by atoms with Crippen molar-refractivity contribution in [3.05, 3.63) is 82.2 Å². The normalized spacial score (nSPS) is 11.4. The van der Waals surface area contributed by atoms with Gasteiger partial charge in [0.1, 0.15) is 0 Å². The van der Waals surface area contributed by atoms with E-state index in [2.05, 4.69) is 54.2 Å². The molecule has 6 aromatic heterocycles. The first-order valence-electron chi connectivity index (χ1n) is 25.2. The number of aryl methyl sites for hydroxylation is 6. The molecule has 0 aliphatic rings. The molecule has 0 bridgehead atoms. The highest BCUT2D eigenvalue weighted by molar-refractivity contribution is 5.78. The van der Waals surface area contributed by atoms with Crippen LogP contribution in [-0.4, -0.2) is 96.4 Å². The predicted octanol–water partition coefficient (Wildman–Crippen LogP) is 10.8. The fourth-order valence-corrected chi connectivity index (χ4v) is 9.43. The molecule has 0 aromatic carbocycles. The summed E-state index contributed by atoms with van der Waals surface area (Å²) in [6.07, 6.45) is 14.7. The van der Waals surface area contributed by atoms with E-state index >= 15 is 0 Å². The van der Waals surface area contributed by atoms with Crippen molar-refractivity contribution in [3.8, 4) is 56.9 Å². The summed E-state index contributed by atoms with van der Waals surface area (Å²) < 4.78 is 0. The van der Waals surface area contributed by atoms with Crippen molar-refractivity contribution in [1.29, 1.82) is 0 Å². The summed E-state index contributed by atoms with van der Waals surface area (Å²) in [5, 5.41) is 56.0. The SMILES string of the molecule is O=C(O)CCCCc1c[nH]c(-c2[nH]c(-c3[nH]c(-c4[nH]c(-c5[nH]c(-c6[nH]ccc6CCCCC(=O)O)cc5CCCCC(=O)O)cc4CCCCC(=O)O)cc3CCCCC(=O)O)cc2CCCCC(=O)O)c1. The van der Waals surface area contributed by atoms with Crippen molar-refractivity contribution < 1.29 is 59.4 Å². The molecule has 0 radical (unpaired) electrons. The van der Waals surface area contributed by atoms with Crippen LogP contribution in [0.3, 0.4) is 0 Å². The highest BCUT2D eigenvalue weighted by Gasteiger charge is 2.23. The van der Waals surface area contributed by atoms with E-state index in [0.29, 0.717) is 116 Å². The van der Waals surface area contributed by atoms with E-state index in [1.54, 1.807) is 0 Å². The minimum atomic E-state index is -0.874. The highest BCUT2D eigenvalue weighted by Crippen LogP contribution is 2.39. The Morgan fingerprint density at radius 3 is 0.944 bits per heavy atom. The molecule has 6 heterocycles. The van der Waals surface area contributed by atoms with Crippen LogP contribution in [0.2, 0.25) is 0 Å². The molecule has 6 rings (SSSR count). The van der Waals surface area contributed by atoms with Gasteiger partial charge >= 0.3 is 35.8 Å². The Bertz CT molecular complexity index is 2780. The first-order valence-corrected chi connectivity index (χ1v) is 25.2. The molecule has 0 spiro atoms. The number of aliphatic carboxylic acids is 6. The number of hydrogen-bond acceptors (Lipinski definition) is 6. The lowest BCUT2D eigenvalue weighted by molar-refractivity contribution is -0.138. The van der Waals surface area contributed by atoms with Gasteiger partial charge in [-0.1, -0.05) is 0 Å². The minimum Gasteiger partial charge on any atom is -0.481 e. The van der Waals surface area contributed by atoms with E-state index in [0.717, 1.165) is 90.3 Å². The molecule has 0 saturated carbocycles. The monoisotopic (exact) mass is 992 g/mol. The smallest absolute Gasteiger partial charge is 0.303 e. The first kappa shape index (κ1) is 53.8. The maximum Gasteiger partial charge on any atom is 0.303 e. The summed E-state index contributed by atoms with van der Waals surface area (Å²) in [5.41, 5.74) is 14.0. The third kappa shape index (κ3) is 16.0. The third-order valence-corrected chi connectivity index (χ3v) is 13.1. The Labute approximate surface area is 417 Å². The van der Waals surface area contributed by atoms with Gasteiger partial charge in [0, 0.05) is 50.9 Å². The molecule has 0 saturated heterocycles. The highest BCUT2D eigenvalue weighted by atomic mass is 16.4. The Morgan fingerprint density at radius 1 is 0.319 bits per heavy atom. The lowest BCUT2D eigenvalue weighted by Crippen LogP contribution is -1.95. The van der Waals surface area contributed by atoms with Gasteiger partial charge in [-0.25, -0.2) is 0 Å². The van der Waals surface area contributed by atoms with Crippen LogP contribution < -0.4 is 0 Å². The Morgan fingerprint density at radius 2 is 0.611 bits per heavy atom. The standard InChI is InChI=1S/C54H68N6O12/c61-44(62)19-7-1-13-33-27-39(56-32-33)51-35(15-3-9-21-46(65)66)29-41(58-51)53-37(17-5-11-23-48(69)70)31-43(60-53)54-38(18-6-12-24-49(71)72)30-42(59-54)52-36(16-4-10-22-47(67)68)28-40(57-52)50-34(25-26-55-50)14-2-8-20-45(63)64/h25-32,55-60H,1-24H2,(H,61,62)(H,63,64)(H,65,66)(H,67,68)(H,69,70)(H,71,72). The first-order chi connectivity index (χ1) is 34.6. The Hall–Kier alpha value is -7.50. The second-order valence-corrected chi connectivity index (χ2v) is 18.7. The van der Waals surface area contributed by atoms with Crippen LogP contribution in [0.15, 0.2) is 48.8 Å². The van der Waals surface area contributed by atoms with Gasteiger partial charge in [0.2, 0.25) is 0 Å². The topological polar surface area (TPSA) is 319 Å². The van der Waals surface area contributed by atoms with Gasteiger partial charge < -0.3 is 60.5 Å². The molecule has 0 atom stereocenters. The molecule has 0 amide bonds. The molecular formula is C54H68N6O12. The number of hydrogen-bond donors (Lipinski definition) is 12. The Balaban J connectivity index is 1.42. The maximum absolute atomic E-state index is 11.6. The summed E-state index contributed by atoms with van der Waals surface area (Å²) in [4.78, 5) is 89.8. The molecule has 0 unspecified atom stereocenters. The van der Waals surface area contributed by atoms with Gasteiger partial charge in [-0.3, -0.25) is 28.8 Å². The van der Waals surface area contributed by atoms with Crippen LogP contribution in [0.1, 0.15) is 149 Å². The molecule has 12 N–H and O–H groups in total. The van der Waals surface area contributed by atoms with E-state index in [1.165, 1.54) is 0 Å². The summed E-state index contributed by atoms with van der Waals surface area (Å²) in [6.45, 7) is 0. The summed E-state index contributed by atoms with van der Waals surface area (Å²) >= 11 is 0. The summed E-state index contributed by atoms with van der Waals surface area (Å²) in [5.74, 6) is -5.13. The number of unbranched alkanes of at least 4 members (excludes halogenated alkanes) is 6. The van der Waals surface area contributed by atoms with Gasteiger partial charge in [-0.15, -0.1) is 0 Å². The average molecular weight is 993 g/mol. The zero-order chi connectivity index (χ0) is 51.6. The second kappa shape index (κ2) is 26.6. The largest absolute Gasteiger partial charge is 0.481 e. The summed E-state index contributed by atoms with van der Waals surface area (Å²) in [7, 11) is 0. The fourth-order valence-electron chi connectivity index (χ4n) is 9.43. The van der Waals surface area contributed by atoms with Crippen LogP contribution in [-0.2, 0) is 67.3 Å². The fraction of sp³-hybridized carbons (Fsp3) is 0.444. The van der Waals surface area contributed by atoms with E-state index in [-0.39, 0.29) is 38.5 Å². The van der Waals surface area contributed by atoms with Gasteiger partial charge in [-0.2, -0.15) is 0 Å². The van der Waals surface area contributed by atoms with Crippen LogP contribution in [0.25, 0.3) is 56.9 Å². The second-order valence-electron chi connectivity index (χ2n) is 18.7. The van der Waals surface area contributed by atoms with Gasteiger partial charge in [0.05, 0.1) is 56.9 Å². The number of aromatic nitrogens is 6. The molecule has 18 nitrogen and oxygen atoms in total. The van der Waals surface area contributed by atoms with E-state index in [1.807, 2.05) is 24.5 Å². The molecule has 0 fully saturated rings. The number of rotatable bonds is 35. The molecule has 18 heteroatoms. The molecule has 0 aliphatic carbocycles. The molecule has 386 valence electrons. The Kier molecular flexibility index (Phi) is 19.9. The molecular weight excluding hydrogens is 925 g/mol. The van der Waals surface area contributed by atoms with E-state index < -0.39 is 35.8 Å². The van der Waals surface area contributed by atoms with E-state index in [4.69, 9.17) is 5.11 Å². The average Bonchev–Trinajstić information content (AvgIpc) is 4.19. The predicted molar refractivity (Wildman–Crippen MR) is 271 cm³/mol. The van der Waals surface area contributed by atoms with Crippen LogP contribution in [0, 0.1) is 0 Å². The van der Waals surface area contributed by atoms with Crippen molar-refractivity contribution in [1.82, 2.24) is 29.9 Å². The zero-order valence-corrected chi connectivity index (χ0v) is 40.7. The number of aromatic amines is 6. The van der Waals surface area contributed by atoms with Gasteiger partial charge in [-0.05, 0) is 185 Å². The minimum absolute atomic E-state index is 0.0237. The maximum atomic E-state index is 11.6. The lowest BCUT2D eigenvalue weighted by atomic mass is 10.0. The zero-order valence-electron chi connectivity index (χ0n) is 40.7. The molecule has 6 aromatic rings. The lowest BCUT2D eigenvalue weighted by Gasteiger charge is -2.04. The van der Waals surface area contributed by atoms with Crippen LogP contribution in [0.5, 0.6) is 0 Å². The quantitative estimate of drug-likeness (QED) is 0.0165. The molecule has 72 heavy (non-hydrogen) atoms. The van der Waals surface area contributed by atoms with Crippen LogP contribution in [0.4, 0.5) is 0 Å². The van der Waals surface area contributed by atoms with Crippen molar-refractivity contribution in [2.45, 2.75) is 154 Å². The van der Waals surface area contributed by atoms with Gasteiger partial charge in [0.15, 0.2) is 0 Å². The van der Waals surface area contributed by atoms with Crippen molar-refractivity contribution in [2.75, 3.05) is 0 Å². The van der Waals surface area contributed by atoms with Gasteiger partial charge in [0.25, 0.3) is 0 Å². The third-order valence-electron chi connectivity index (χ3n) is 13.1. The van der Waals surface area contributed by atoms with Crippen molar-refractivity contribution in [3.63, 3.8) is 0 Å². The number of H-pyrrole nitrogens is 6. The molecule has 0 aliphatic heterocycles. The van der Waals surface area contributed by atoms with Crippen molar-refractivity contribution >= 4 is 35.8 Å².